The van der Waals surface area contributed by atoms with E-state index in [0.717, 1.165) is 0 Å². The van der Waals surface area contributed by atoms with E-state index in [1.165, 1.54) is 6.92 Å². The molecular formula is C9H13O6S-. The van der Waals surface area contributed by atoms with Crippen LogP contribution in [0.25, 0.3) is 0 Å². The van der Waals surface area contributed by atoms with Crippen LogP contribution >= 0.6 is 0 Å². The van der Waals surface area contributed by atoms with Crippen molar-refractivity contribution in [2.75, 3.05) is 18.1 Å². The van der Waals surface area contributed by atoms with Gasteiger partial charge in [0, 0.05) is 5.57 Å². The molecule has 0 unspecified atom stereocenters. The van der Waals surface area contributed by atoms with Crippen LogP contribution in [0.4, 0.5) is 0 Å². The number of hydrogen-bond acceptors (Lipinski definition) is 6. The molecule has 0 aliphatic rings. The second kappa shape index (κ2) is 6.26. The number of ether oxygens (including phenoxy) is 1. The molecule has 0 atom stereocenters. The fourth-order valence-corrected chi connectivity index (χ4v) is 1.88. The molecule has 0 spiro atoms. The highest BCUT2D eigenvalue weighted by atomic mass is 32.2. The second-order valence-electron chi connectivity index (χ2n) is 3.23. The molecule has 92 valence electrons. The molecule has 0 bridgehead atoms. The third-order valence-electron chi connectivity index (χ3n) is 1.52. The van der Waals surface area contributed by atoms with Crippen molar-refractivity contribution in [1.82, 2.24) is 0 Å². The molecule has 0 fully saturated rings. The summed E-state index contributed by atoms with van der Waals surface area (Å²) < 4.78 is 26.7. The molecule has 0 aliphatic carbocycles. The molecule has 7 heteroatoms. The molecular weight excluding hydrogens is 236 g/mol. The van der Waals surface area contributed by atoms with Gasteiger partial charge in [-0.15, -0.1) is 0 Å². The molecule has 0 radical (unpaired) electrons. The molecule has 0 amide bonds. The fraction of sp³-hybridized carbons (Fsp3) is 0.556. The Balaban J connectivity index is 3.87. The fourth-order valence-electron chi connectivity index (χ4n) is 0.819. The van der Waals surface area contributed by atoms with Crippen molar-refractivity contribution in [2.24, 2.45) is 0 Å². The lowest BCUT2D eigenvalue weighted by atomic mass is 10.4. The zero-order valence-electron chi connectivity index (χ0n) is 8.89. The molecule has 0 heterocycles. The van der Waals surface area contributed by atoms with Gasteiger partial charge in [-0.1, -0.05) is 6.58 Å². The quantitative estimate of drug-likeness (QED) is 0.314. The topological polar surface area (TPSA) is 101 Å². The van der Waals surface area contributed by atoms with Crippen molar-refractivity contribution < 1.29 is 27.9 Å². The largest absolute Gasteiger partial charge is 0.549 e. The summed E-state index contributed by atoms with van der Waals surface area (Å²) in [5.74, 6) is -3.61. The van der Waals surface area contributed by atoms with Gasteiger partial charge >= 0.3 is 5.97 Å². The van der Waals surface area contributed by atoms with Gasteiger partial charge in [0.05, 0.1) is 24.1 Å². The SMILES string of the molecule is C=C(C)C(=O)OCCCS(=O)(=O)CC(=O)[O-]. The third kappa shape index (κ3) is 6.99. The maximum Gasteiger partial charge on any atom is 0.333 e. The van der Waals surface area contributed by atoms with Gasteiger partial charge in [-0.2, -0.15) is 0 Å². The second-order valence-corrected chi connectivity index (χ2v) is 5.42. The van der Waals surface area contributed by atoms with Crippen LogP contribution < -0.4 is 5.11 Å². The number of aliphatic carboxylic acids is 1. The minimum atomic E-state index is -3.67. The van der Waals surface area contributed by atoms with Crippen molar-refractivity contribution >= 4 is 21.8 Å². The molecule has 0 aromatic rings. The van der Waals surface area contributed by atoms with Crippen molar-refractivity contribution in [2.45, 2.75) is 13.3 Å². The van der Waals surface area contributed by atoms with Gasteiger partial charge in [0.15, 0.2) is 9.84 Å². The van der Waals surface area contributed by atoms with E-state index in [9.17, 15) is 23.1 Å². The van der Waals surface area contributed by atoms with Gasteiger partial charge in [-0.3, -0.25) is 0 Å². The van der Waals surface area contributed by atoms with Gasteiger partial charge in [-0.05, 0) is 13.3 Å². The standard InChI is InChI=1S/C9H14O6S/c1-7(2)9(12)15-4-3-5-16(13,14)6-8(10)11/h1,3-6H2,2H3,(H,10,11)/p-1. The van der Waals surface area contributed by atoms with E-state index >= 15 is 0 Å². The highest BCUT2D eigenvalue weighted by Gasteiger charge is 2.11. The Bertz CT molecular complexity index is 381. The summed E-state index contributed by atoms with van der Waals surface area (Å²) >= 11 is 0. The number of carboxylic acids is 1. The predicted octanol–water partition coefficient (Wildman–Crippen LogP) is -1.34. The van der Waals surface area contributed by atoms with E-state index in [2.05, 4.69) is 11.3 Å². The van der Waals surface area contributed by atoms with Crippen LogP contribution in [0.1, 0.15) is 13.3 Å². The van der Waals surface area contributed by atoms with E-state index in [-0.39, 0.29) is 24.4 Å². The molecule has 0 saturated heterocycles. The van der Waals surface area contributed by atoms with Gasteiger partial charge in [-0.25, -0.2) is 13.2 Å². The van der Waals surface area contributed by atoms with Crippen LogP contribution in [0.2, 0.25) is 0 Å². The average Bonchev–Trinajstić information content (AvgIpc) is 2.09. The number of esters is 1. The maximum atomic E-state index is 11.0. The summed E-state index contributed by atoms with van der Waals surface area (Å²) in [4.78, 5) is 20.9. The van der Waals surface area contributed by atoms with Crippen LogP contribution in [0.3, 0.4) is 0 Å². The first-order chi connectivity index (χ1) is 7.24. The lowest BCUT2D eigenvalue weighted by molar-refractivity contribution is -0.301. The number of sulfone groups is 1. The normalized spacial score (nSPS) is 10.8. The van der Waals surface area contributed by atoms with Crippen LogP contribution in [-0.2, 0) is 24.2 Å². The molecule has 0 saturated carbocycles. The Labute approximate surface area is 93.8 Å². The molecule has 0 aromatic carbocycles. The zero-order valence-corrected chi connectivity index (χ0v) is 9.71. The number of hydrogen-bond donors (Lipinski definition) is 0. The summed E-state index contributed by atoms with van der Waals surface area (Å²) in [7, 11) is -3.67. The summed E-state index contributed by atoms with van der Waals surface area (Å²) in [6.07, 6.45) is 0.0502. The minimum Gasteiger partial charge on any atom is -0.549 e. The third-order valence-corrected chi connectivity index (χ3v) is 3.11. The smallest absolute Gasteiger partial charge is 0.333 e. The van der Waals surface area contributed by atoms with Crippen molar-refractivity contribution in [3.05, 3.63) is 12.2 Å². The molecule has 0 aromatic heterocycles. The monoisotopic (exact) mass is 249 g/mol. The van der Waals surface area contributed by atoms with Crippen LogP contribution in [-0.4, -0.2) is 38.5 Å². The minimum absolute atomic E-state index is 0.0502. The summed E-state index contributed by atoms with van der Waals surface area (Å²) in [6, 6.07) is 0. The number of carbonyl (C=O) groups is 2. The Kier molecular flexibility index (Phi) is 5.73. The number of carboxylic acid groups (broad SMARTS) is 1. The van der Waals surface area contributed by atoms with Gasteiger partial charge in [0.2, 0.25) is 0 Å². The van der Waals surface area contributed by atoms with Crippen molar-refractivity contribution in [3.63, 3.8) is 0 Å². The van der Waals surface area contributed by atoms with E-state index in [4.69, 9.17) is 0 Å². The predicted molar refractivity (Wildman–Crippen MR) is 54.1 cm³/mol. The first kappa shape index (κ1) is 14.6. The molecule has 0 aliphatic heterocycles. The van der Waals surface area contributed by atoms with E-state index in [0.29, 0.717) is 0 Å². The summed E-state index contributed by atoms with van der Waals surface area (Å²) in [5, 5.41) is 10.1. The number of rotatable bonds is 7. The Morgan fingerprint density at radius 1 is 1.38 bits per heavy atom. The van der Waals surface area contributed by atoms with E-state index in [1.807, 2.05) is 0 Å². The highest BCUT2D eigenvalue weighted by Crippen LogP contribution is 1.97. The van der Waals surface area contributed by atoms with Crippen LogP contribution in [0.5, 0.6) is 0 Å². The first-order valence-corrected chi connectivity index (χ1v) is 6.29. The molecule has 16 heavy (non-hydrogen) atoms. The Hall–Kier alpha value is -1.37. The Morgan fingerprint density at radius 3 is 2.38 bits per heavy atom. The van der Waals surface area contributed by atoms with Gasteiger partial charge < -0.3 is 14.6 Å². The number of carbonyl (C=O) groups excluding carboxylic acids is 2. The van der Waals surface area contributed by atoms with Crippen LogP contribution in [0.15, 0.2) is 12.2 Å². The summed E-state index contributed by atoms with van der Waals surface area (Å²) in [6.45, 7) is 4.73. The molecule has 0 N–H and O–H groups in total. The van der Waals surface area contributed by atoms with Crippen molar-refractivity contribution in [3.8, 4) is 0 Å². The Morgan fingerprint density at radius 2 is 1.94 bits per heavy atom. The van der Waals surface area contributed by atoms with Gasteiger partial charge in [0.1, 0.15) is 0 Å². The average molecular weight is 249 g/mol. The lowest BCUT2D eigenvalue weighted by Gasteiger charge is -2.06. The summed E-state index contributed by atoms with van der Waals surface area (Å²) in [5.41, 5.74) is 0.220. The van der Waals surface area contributed by atoms with Gasteiger partial charge in [0.25, 0.3) is 0 Å². The zero-order chi connectivity index (χ0) is 12.8. The molecule has 6 nitrogen and oxygen atoms in total. The van der Waals surface area contributed by atoms with E-state index in [1.54, 1.807) is 0 Å². The van der Waals surface area contributed by atoms with Crippen molar-refractivity contribution in [1.29, 1.82) is 0 Å². The highest BCUT2D eigenvalue weighted by molar-refractivity contribution is 7.92. The lowest BCUT2D eigenvalue weighted by Crippen LogP contribution is -2.32. The molecule has 0 rings (SSSR count). The maximum absolute atomic E-state index is 11.0. The van der Waals surface area contributed by atoms with Crippen LogP contribution in [0, 0.1) is 0 Å². The van der Waals surface area contributed by atoms with E-state index < -0.39 is 27.5 Å². The first-order valence-electron chi connectivity index (χ1n) is 4.47.